The van der Waals surface area contributed by atoms with E-state index in [1.807, 2.05) is 0 Å². The topological polar surface area (TPSA) is 66.1 Å². The Morgan fingerprint density at radius 2 is 1.31 bits per heavy atom. The SMILES string of the molecule is O=C(Nc1ccc(NC(=S)Nc2cc(C(F)(F)F)cc(C(F)(F)F)c2)cc1)c1cscn1. The van der Waals surface area contributed by atoms with Crippen LogP contribution in [0.25, 0.3) is 0 Å². The largest absolute Gasteiger partial charge is 0.416 e. The van der Waals surface area contributed by atoms with Crippen molar-refractivity contribution in [2.75, 3.05) is 16.0 Å². The summed E-state index contributed by atoms with van der Waals surface area (Å²) in [6.07, 6.45) is -9.93. The number of carbonyl (C=O) groups is 1. The average molecular weight is 490 g/mol. The van der Waals surface area contributed by atoms with Crippen LogP contribution in [0.3, 0.4) is 0 Å². The van der Waals surface area contributed by atoms with Crippen molar-refractivity contribution < 1.29 is 31.1 Å². The number of alkyl halides is 6. The predicted octanol–water partition coefficient (Wildman–Crippen LogP) is 6.24. The number of thiocarbonyl (C=S) groups is 1. The first-order chi connectivity index (χ1) is 14.9. The minimum Gasteiger partial charge on any atom is -0.332 e. The summed E-state index contributed by atoms with van der Waals surface area (Å²) in [5.74, 6) is -0.408. The second-order valence-electron chi connectivity index (χ2n) is 6.28. The van der Waals surface area contributed by atoms with Gasteiger partial charge in [-0.1, -0.05) is 0 Å². The zero-order valence-corrected chi connectivity index (χ0v) is 17.3. The molecule has 13 heteroatoms. The summed E-state index contributed by atoms with van der Waals surface area (Å²) >= 11 is 6.25. The summed E-state index contributed by atoms with van der Waals surface area (Å²) in [6, 6.07) is 7.17. The highest BCUT2D eigenvalue weighted by molar-refractivity contribution is 7.80. The van der Waals surface area contributed by atoms with Gasteiger partial charge in [0, 0.05) is 22.4 Å². The molecule has 3 N–H and O–H groups in total. The Labute approximate surface area is 186 Å². The van der Waals surface area contributed by atoms with Crippen molar-refractivity contribution in [3.8, 4) is 0 Å². The predicted molar refractivity (Wildman–Crippen MR) is 113 cm³/mol. The number of nitrogens with one attached hydrogen (secondary N) is 3. The summed E-state index contributed by atoms with van der Waals surface area (Å²) in [5.41, 5.74) is -0.801. The van der Waals surface area contributed by atoms with E-state index in [-0.39, 0.29) is 16.9 Å². The van der Waals surface area contributed by atoms with Crippen LogP contribution in [-0.2, 0) is 12.4 Å². The second kappa shape index (κ2) is 9.12. The summed E-state index contributed by atoms with van der Waals surface area (Å²) < 4.78 is 77.8. The van der Waals surface area contributed by atoms with Crippen LogP contribution < -0.4 is 16.0 Å². The smallest absolute Gasteiger partial charge is 0.332 e. The molecule has 1 amide bonds. The Morgan fingerprint density at radius 3 is 1.78 bits per heavy atom. The first-order valence-corrected chi connectivity index (χ1v) is 9.94. The van der Waals surface area contributed by atoms with Gasteiger partial charge in [0.05, 0.1) is 16.6 Å². The van der Waals surface area contributed by atoms with Crippen molar-refractivity contribution >= 4 is 51.6 Å². The van der Waals surface area contributed by atoms with Crippen LogP contribution >= 0.6 is 23.6 Å². The fourth-order valence-corrected chi connectivity index (χ4v) is 3.24. The molecule has 168 valence electrons. The van der Waals surface area contributed by atoms with E-state index in [2.05, 4.69) is 20.9 Å². The van der Waals surface area contributed by atoms with E-state index in [0.29, 0.717) is 23.5 Å². The van der Waals surface area contributed by atoms with Crippen molar-refractivity contribution in [1.29, 1.82) is 0 Å². The number of anilines is 3. The third-order valence-corrected chi connectivity index (χ3v) is 4.70. The molecule has 3 rings (SSSR count). The van der Waals surface area contributed by atoms with Gasteiger partial charge >= 0.3 is 12.4 Å². The molecule has 0 saturated carbocycles. The Hall–Kier alpha value is -3.19. The van der Waals surface area contributed by atoms with Gasteiger partial charge in [-0.25, -0.2) is 4.98 Å². The van der Waals surface area contributed by atoms with E-state index < -0.39 is 35.1 Å². The number of halogens is 6. The third kappa shape index (κ3) is 6.17. The van der Waals surface area contributed by atoms with Crippen LogP contribution in [0, 0.1) is 0 Å². The molecular weight excluding hydrogens is 478 g/mol. The molecular formula is C19H12F6N4OS2. The molecule has 0 saturated heterocycles. The zero-order chi connectivity index (χ0) is 23.5. The molecule has 1 heterocycles. The highest BCUT2D eigenvalue weighted by Gasteiger charge is 2.37. The molecule has 0 aliphatic heterocycles. The number of benzene rings is 2. The van der Waals surface area contributed by atoms with Crippen LogP contribution in [0.15, 0.2) is 53.4 Å². The zero-order valence-electron chi connectivity index (χ0n) is 15.6. The van der Waals surface area contributed by atoms with E-state index in [4.69, 9.17) is 12.2 Å². The standard InChI is InChI=1S/C19H12F6N4OS2/c20-18(21,22)10-5-11(19(23,24)25)7-14(6-10)29-17(31)28-13-3-1-12(2-4-13)27-16(30)15-8-32-9-26-15/h1-9H,(H,27,30)(H2,28,29,31). The monoisotopic (exact) mass is 490 g/mol. The third-order valence-electron chi connectivity index (χ3n) is 3.91. The van der Waals surface area contributed by atoms with Crippen molar-refractivity contribution in [2.45, 2.75) is 12.4 Å². The molecule has 0 aliphatic rings. The van der Waals surface area contributed by atoms with E-state index in [1.54, 1.807) is 5.38 Å². The summed E-state index contributed by atoms with van der Waals surface area (Å²) in [7, 11) is 0. The Kier molecular flexibility index (Phi) is 6.69. The normalized spacial score (nSPS) is 11.7. The number of hydrogen-bond acceptors (Lipinski definition) is 4. The minimum atomic E-state index is -4.97. The van der Waals surface area contributed by atoms with Crippen LogP contribution in [0.1, 0.15) is 21.6 Å². The highest BCUT2D eigenvalue weighted by Crippen LogP contribution is 2.37. The quantitative estimate of drug-likeness (QED) is 0.298. The highest BCUT2D eigenvalue weighted by atomic mass is 32.1. The summed E-state index contributed by atoms with van der Waals surface area (Å²) in [5, 5.41) is 8.95. The molecule has 5 nitrogen and oxygen atoms in total. The molecule has 0 unspecified atom stereocenters. The first-order valence-electron chi connectivity index (χ1n) is 8.59. The Balaban J connectivity index is 1.68. The van der Waals surface area contributed by atoms with Crippen LogP contribution in [-0.4, -0.2) is 16.0 Å². The van der Waals surface area contributed by atoms with Crippen molar-refractivity contribution in [3.63, 3.8) is 0 Å². The first kappa shape index (κ1) is 23.5. The molecule has 0 spiro atoms. The van der Waals surface area contributed by atoms with Gasteiger partial charge in [0.15, 0.2) is 5.11 Å². The number of carbonyl (C=O) groups excluding carboxylic acids is 1. The number of nitrogens with zero attached hydrogens (tertiary/aromatic N) is 1. The Morgan fingerprint density at radius 1 is 0.812 bits per heavy atom. The molecule has 2 aromatic carbocycles. The van der Waals surface area contributed by atoms with Gasteiger partial charge in [0.2, 0.25) is 0 Å². The van der Waals surface area contributed by atoms with Crippen LogP contribution in [0.5, 0.6) is 0 Å². The van der Waals surface area contributed by atoms with Crippen molar-refractivity contribution in [1.82, 2.24) is 4.98 Å². The van der Waals surface area contributed by atoms with Gasteiger partial charge < -0.3 is 16.0 Å². The van der Waals surface area contributed by atoms with Gasteiger partial charge in [-0.3, -0.25) is 4.79 Å². The van der Waals surface area contributed by atoms with Crippen molar-refractivity contribution in [2.24, 2.45) is 0 Å². The van der Waals surface area contributed by atoms with Gasteiger partial charge in [0.1, 0.15) is 5.69 Å². The molecule has 0 bridgehead atoms. The number of amides is 1. The molecule has 0 atom stereocenters. The summed E-state index contributed by atoms with van der Waals surface area (Å²) in [4.78, 5) is 15.8. The molecule has 0 radical (unpaired) electrons. The molecule has 0 aliphatic carbocycles. The van der Waals surface area contributed by atoms with Gasteiger partial charge in [-0.05, 0) is 54.7 Å². The van der Waals surface area contributed by atoms with Gasteiger partial charge in [0.25, 0.3) is 5.91 Å². The maximum atomic E-state index is 13.0. The molecule has 0 fully saturated rings. The Bertz CT molecular complexity index is 1080. The lowest BCUT2D eigenvalue weighted by atomic mass is 10.1. The van der Waals surface area contributed by atoms with E-state index in [1.165, 1.54) is 41.1 Å². The minimum absolute atomic E-state index is 0.0281. The van der Waals surface area contributed by atoms with E-state index >= 15 is 0 Å². The number of rotatable bonds is 4. The lowest BCUT2D eigenvalue weighted by Crippen LogP contribution is -2.20. The van der Waals surface area contributed by atoms with E-state index in [0.717, 1.165) is 0 Å². The molecule has 3 aromatic rings. The van der Waals surface area contributed by atoms with Gasteiger partial charge in [-0.2, -0.15) is 26.3 Å². The molecule has 1 aromatic heterocycles. The average Bonchev–Trinajstić information content (AvgIpc) is 3.23. The maximum Gasteiger partial charge on any atom is 0.416 e. The fourth-order valence-electron chi connectivity index (χ4n) is 2.48. The maximum absolute atomic E-state index is 13.0. The number of hydrogen-bond donors (Lipinski definition) is 3. The van der Waals surface area contributed by atoms with Crippen LogP contribution in [0.4, 0.5) is 43.4 Å². The fraction of sp³-hybridized carbons (Fsp3) is 0.105. The second-order valence-corrected chi connectivity index (χ2v) is 7.41. The number of aromatic nitrogens is 1. The molecule has 32 heavy (non-hydrogen) atoms. The lowest BCUT2D eigenvalue weighted by molar-refractivity contribution is -0.143. The lowest BCUT2D eigenvalue weighted by Gasteiger charge is -2.16. The summed E-state index contributed by atoms with van der Waals surface area (Å²) in [6.45, 7) is 0. The van der Waals surface area contributed by atoms with Crippen molar-refractivity contribution in [3.05, 3.63) is 70.2 Å². The van der Waals surface area contributed by atoms with E-state index in [9.17, 15) is 31.1 Å². The number of thiazole rings is 1. The van der Waals surface area contributed by atoms with Crippen LogP contribution in [0.2, 0.25) is 0 Å². The van der Waals surface area contributed by atoms with Gasteiger partial charge in [-0.15, -0.1) is 11.3 Å².